The maximum Gasteiger partial charge on any atom is 0.303 e. The number of carboxylic acid groups (broad SMARTS) is 1. The first-order valence-electron chi connectivity index (χ1n) is 7.28. The Morgan fingerprint density at radius 1 is 1.23 bits per heavy atom. The van der Waals surface area contributed by atoms with Gasteiger partial charge in [-0.25, -0.2) is 0 Å². The number of amides is 1. The monoisotopic (exact) mass is 307 g/mol. The summed E-state index contributed by atoms with van der Waals surface area (Å²) in [5.74, 6) is 0.376. The predicted molar refractivity (Wildman–Crippen MR) is 80.4 cm³/mol. The van der Waals surface area contributed by atoms with Crippen LogP contribution in [0.5, 0.6) is 11.5 Å². The second-order valence-corrected chi connectivity index (χ2v) is 5.40. The lowest BCUT2D eigenvalue weighted by molar-refractivity contribution is -0.138. The van der Waals surface area contributed by atoms with E-state index >= 15 is 0 Å². The minimum Gasteiger partial charge on any atom is -0.497 e. The highest BCUT2D eigenvalue weighted by Gasteiger charge is 2.26. The molecule has 0 atom stereocenters. The summed E-state index contributed by atoms with van der Waals surface area (Å²) in [6.45, 7) is 1.13. The highest BCUT2D eigenvalue weighted by molar-refractivity contribution is 5.97. The van der Waals surface area contributed by atoms with Gasteiger partial charge in [0, 0.05) is 19.5 Å². The second kappa shape index (κ2) is 7.15. The van der Waals surface area contributed by atoms with Crippen molar-refractivity contribution in [1.82, 2.24) is 4.90 Å². The number of nitrogens with zero attached hydrogens (tertiary/aromatic N) is 1. The van der Waals surface area contributed by atoms with Crippen LogP contribution in [0.25, 0.3) is 0 Å². The first-order valence-corrected chi connectivity index (χ1v) is 7.28. The van der Waals surface area contributed by atoms with Crippen LogP contribution in [0.2, 0.25) is 0 Å². The first kappa shape index (κ1) is 16.1. The Hall–Kier alpha value is -2.24. The van der Waals surface area contributed by atoms with Crippen molar-refractivity contribution in [3.63, 3.8) is 0 Å². The summed E-state index contributed by atoms with van der Waals surface area (Å²) in [5.41, 5.74) is 0.471. The van der Waals surface area contributed by atoms with Crippen molar-refractivity contribution in [3.05, 3.63) is 23.8 Å². The Morgan fingerprint density at radius 2 is 1.91 bits per heavy atom. The van der Waals surface area contributed by atoms with Crippen molar-refractivity contribution >= 4 is 11.9 Å². The first-order chi connectivity index (χ1) is 10.5. The fraction of sp³-hybridized carbons (Fsp3) is 0.500. The molecule has 0 spiro atoms. The lowest BCUT2D eigenvalue weighted by atomic mass is 9.93. The van der Waals surface area contributed by atoms with Crippen molar-refractivity contribution < 1.29 is 24.2 Å². The van der Waals surface area contributed by atoms with Gasteiger partial charge in [-0.05, 0) is 37.0 Å². The number of hydrogen-bond donors (Lipinski definition) is 1. The van der Waals surface area contributed by atoms with Crippen molar-refractivity contribution in [1.29, 1.82) is 0 Å². The fourth-order valence-corrected chi connectivity index (χ4v) is 2.74. The van der Waals surface area contributed by atoms with Gasteiger partial charge in [-0.2, -0.15) is 0 Å². The largest absolute Gasteiger partial charge is 0.497 e. The normalized spacial score (nSPS) is 15.5. The molecule has 1 aliphatic heterocycles. The van der Waals surface area contributed by atoms with Gasteiger partial charge < -0.3 is 19.5 Å². The number of carbonyl (C=O) groups excluding carboxylic acids is 1. The summed E-state index contributed by atoms with van der Waals surface area (Å²) in [6, 6.07) is 5.13. The molecule has 22 heavy (non-hydrogen) atoms. The number of methoxy groups -OCH3 is 2. The predicted octanol–water partition coefficient (Wildman–Crippen LogP) is 2.03. The Labute approximate surface area is 129 Å². The molecule has 6 heteroatoms. The van der Waals surface area contributed by atoms with Crippen LogP contribution in [-0.4, -0.2) is 49.2 Å². The average Bonchev–Trinajstić information content (AvgIpc) is 2.53. The van der Waals surface area contributed by atoms with Crippen LogP contribution in [0.1, 0.15) is 29.6 Å². The Kier molecular flexibility index (Phi) is 5.25. The van der Waals surface area contributed by atoms with E-state index in [1.165, 1.54) is 7.11 Å². The highest BCUT2D eigenvalue weighted by Crippen LogP contribution is 2.28. The third-order valence-corrected chi connectivity index (χ3v) is 4.00. The van der Waals surface area contributed by atoms with Gasteiger partial charge in [-0.3, -0.25) is 9.59 Å². The van der Waals surface area contributed by atoms with Gasteiger partial charge in [0.2, 0.25) is 0 Å². The maximum absolute atomic E-state index is 12.7. The number of hydrogen-bond acceptors (Lipinski definition) is 4. The summed E-state index contributed by atoms with van der Waals surface area (Å²) < 4.78 is 10.4. The lowest BCUT2D eigenvalue weighted by Crippen LogP contribution is -2.39. The number of piperidine rings is 1. The lowest BCUT2D eigenvalue weighted by Gasteiger charge is -2.31. The molecule has 0 aliphatic carbocycles. The molecule has 1 aromatic carbocycles. The third-order valence-electron chi connectivity index (χ3n) is 4.00. The van der Waals surface area contributed by atoms with E-state index in [2.05, 4.69) is 0 Å². The van der Waals surface area contributed by atoms with Crippen LogP contribution in [0, 0.1) is 5.92 Å². The van der Waals surface area contributed by atoms with Crippen LogP contribution in [0.3, 0.4) is 0 Å². The van der Waals surface area contributed by atoms with E-state index in [0.29, 0.717) is 43.0 Å². The molecule has 1 saturated heterocycles. The van der Waals surface area contributed by atoms with E-state index in [1.54, 1.807) is 30.2 Å². The molecule has 1 fully saturated rings. The van der Waals surface area contributed by atoms with Crippen LogP contribution in [-0.2, 0) is 4.79 Å². The molecule has 120 valence electrons. The molecule has 1 aromatic rings. The highest BCUT2D eigenvalue weighted by atomic mass is 16.5. The molecule has 1 amide bonds. The average molecular weight is 307 g/mol. The van der Waals surface area contributed by atoms with E-state index in [0.717, 1.165) is 0 Å². The number of ether oxygens (including phenoxy) is 2. The summed E-state index contributed by atoms with van der Waals surface area (Å²) in [5, 5.41) is 8.83. The van der Waals surface area contributed by atoms with E-state index in [4.69, 9.17) is 14.6 Å². The summed E-state index contributed by atoms with van der Waals surface area (Å²) >= 11 is 0. The van der Waals surface area contributed by atoms with Crippen molar-refractivity contribution in [3.8, 4) is 11.5 Å². The van der Waals surface area contributed by atoms with Gasteiger partial charge in [-0.1, -0.05) is 0 Å². The minimum atomic E-state index is -0.778. The number of carbonyl (C=O) groups is 2. The van der Waals surface area contributed by atoms with Gasteiger partial charge in [0.1, 0.15) is 11.5 Å². The van der Waals surface area contributed by atoms with E-state index in [-0.39, 0.29) is 18.2 Å². The third kappa shape index (κ3) is 3.69. The molecular weight excluding hydrogens is 286 g/mol. The maximum atomic E-state index is 12.7. The van der Waals surface area contributed by atoms with E-state index in [1.807, 2.05) is 0 Å². The SMILES string of the molecule is COc1ccc(OC)c(C(=O)N2CCC(CC(=O)O)CC2)c1. The Balaban J connectivity index is 2.08. The number of rotatable bonds is 5. The molecule has 1 aliphatic rings. The Morgan fingerprint density at radius 3 is 2.45 bits per heavy atom. The minimum absolute atomic E-state index is 0.107. The van der Waals surface area contributed by atoms with Crippen LogP contribution >= 0.6 is 0 Å². The van der Waals surface area contributed by atoms with Crippen LogP contribution in [0.15, 0.2) is 18.2 Å². The van der Waals surface area contributed by atoms with Crippen LogP contribution < -0.4 is 9.47 Å². The summed E-state index contributed by atoms with van der Waals surface area (Å²) in [6.07, 6.45) is 1.60. The zero-order valence-corrected chi connectivity index (χ0v) is 12.9. The van der Waals surface area contributed by atoms with Gasteiger partial charge in [-0.15, -0.1) is 0 Å². The topological polar surface area (TPSA) is 76.1 Å². The molecule has 1 N–H and O–H groups in total. The number of likely N-dealkylation sites (tertiary alicyclic amines) is 1. The Bertz CT molecular complexity index is 549. The molecule has 6 nitrogen and oxygen atoms in total. The molecule has 0 saturated carbocycles. The molecule has 0 unspecified atom stereocenters. The molecule has 0 bridgehead atoms. The zero-order valence-electron chi connectivity index (χ0n) is 12.9. The van der Waals surface area contributed by atoms with Crippen molar-refractivity contribution in [2.75, 3.05) is 27.3 Å². The summed E-state index contributed by atoms with van der Waals surface area (Å²) in [4.78, 5) is 25.1. The van der Waals surface area contributed by atoms with Gasteiger partial charge >= 0.3 is 5.97 Å². The van der Waals surface area contributed by atoms with Gasteiger partial charge in [0.25, 0.3) is 5.91 Å². The number of benzene rings is 1. The molecule has 1 heterocycles. The molecule has 0 radical (unpaired) electrons. The molecule has 2 rings (SSSR count). The van der Waals surface area contributed by atoms with Gasteiger partial charge in [0.15, 0.2) is 0 Å². The standard InChI is InChI=1S/C16H21NO5/c1-21-12-3-4-14(22-2)13(10-12)16(20)17-7-5-11(6-8-17)9-15(18)19/h3-4,10-11H,5-9H2,1-2H3,(H,18,19). The molecule has 0 aromatic heterocycles. The van der Waals surface area contributed by atoms with Gasteiger partial charge in [0.05, 0.1) is 19.8 Å². The van der Waals surface area contributed by atoms with Crippen LogP contribution in [0.4, 0.5) is 0 Å². The summed E-state index contributed by atoms with van der Waals surface area (Å²) in [7, 11) is 3.07. The quantitative estimate of drug-likeness (QED) is 0.900. The number of carboxylic acids is 1. The number of aliphatic carboxylic acids is 1. The smallest absolute Gasteiger partial charge is 0.303 e. The van der Waals surface area contributed by atoms with E-state index < -0.39 is 5.97 Å². The zero-order chi connectivity index (χ0) is 16.1. The fourth-order valence-electron chi connectivity index (χ4n) is 2.74. The van der Waals surface area contributed by atoms with Crippen molar-refractivity contribution in [2.45, 2.75) is 19.3 Å². The molecular formula is C16H21NO5. The van der Waals surface area contributed by atoms with E-state index in [9.17, 15) is 9.59 Å². The van der Waals surface area contributed by atoms with Crippen molar-refractivity contribution in [2.24, 2.45) is 5.92 Å². The second-order valence-electron chi connectivity index (χ2n) is 5.40.